The van der Waals surface area contributed by atoms with Gasteiger partial charge in [0.25, 0.3) is 0 Å². The summed E-state index contributed by atoms with van der Waals surface area (Å²) in [5.41, 5.74) is 1.44. The molecule has 0 fully saturated rings. The van der Waals surface area contributed by atoms with Crippen LogP contribution in [0.4, 0.5) is 10.5 Å². The van der Waals surface area contributed by atoms with Crippen LogP contribution in [0.15, 0.2) is 42.5 Å². The average molecular weight is 325 g/mol. The second-order valence-corrected chi connectivity index (χ2v) is 5.35. The molecule has 0 aliphatic rings. The van der Waals surface area contributed by atoms with Crippen LogP contribution in [0.2, 0.25) is 10.0 Å². The predicted molar refractivity (Wildman–Crippen MR) is 85.1 cm³/mol. The zero-order valence-corrected chi connectivity index (χ0v) is 12.7. The summed E-state index contributed by atoms with van der Waals surface area (Å²) < 4.78 is 0. The molecular formula is C15H14Cl2N2O2. The van der Waals surface area contributed by atoms with Crippen molar-refractivity contribution in [1.82, 2.24) is 5.32 Å². The Balaban J connectivity index is 1.97. The van der Waals surface area contributed by atoms with E-state index in [9.17, 15) is 9.90 Å². The Morgan fingerprint density at radius 2 is 1.76 bits per heavy atom. The molecule has 1 atom stereocenters. The summed E-state index contributed by atoms with van der Waals surface area (Å²) in [5, 5.41) is 15.5. The minimum Gasteiger partial charge on any atom is -0.508 e. The summed E-state index contributed by atoms with van der Waals surface area (Å²) in [6, 6.07) is 11.0. The first kappa shape index (κ1) is 15.5. The molecule has 3 N–H and O–H groups in total. The molecule has 110 valence electrons. The molecule has 0 saturated heterocycles. The number of carbonyl (C=O) groups excluding carboxylic acids is 1. The van der Waals surface area contributed by atoms with E-state index < -0.39 is 0 Å². The SMILES string of the molecule is CC(NC(=O)Nc1ccc(Cl)c(Cl)c1)c1ccc(O)cc1. The highest BCUT2D eigenvalue weighted by molar-refractivity contribution is 6.42. The topological polar surface area (TPSA) is 61.4 Å². The predicted octanol–water partition coefficient (Wildman–Crippen LogP) is 4.58. The molecule has 2 aromatic rings. The Hall–Kier alpha value is -1.91. The van der Waals surface area contributed by atoms with E-state index in [0.717, 1.165) is 5.56 Å². The highest BCUT2D eigenvalue weighted by atomic mass is 35.5. The molecule has 0 aromatic heterocycles. The molecule has 4 nitrogen and oxygen atoms in total. The summed E-state index contributed by atoms with van der Waals surface area (Å²) in [6.45, 7) is 1.85. The molecule has 6 heteroatoms. The second-order valence-electron chi connectivity index (χ2n) is 4.54. The van der Waals surface area contributed by atoms with E-state index in [1.54, 1.807) is 42.5 Å². The van der Waals surface area contributed by atoms with Crippen LogP contribution >= 0.6 is 23.2 Å². The van der Waals surface area contributed by atoms with Gasteiger partial charge in [0.1, 0.15) is 5.75 Å². The monoisotopic (exact) mass is 324 g/mol. The van der Waals surface area contributed by atoms with Gasteiger partial charge >= 0.3 is 6.03 Å². The normalized spacial score (nSPS) is 11.8. The molecular weight excluding hydrogens is 311 g/mol. The second kappa shape index (κ2) is 6.70. The number of anilines is 1. The van der Waals surface area contributed by atoms with E-state index in [1.807, 2.05) is 6.92 Å². The van der Waals surface area contributed by atoms with Crippen molar-refractivity contribution in [2.75, 3.05) is 5.32 Å². The molecule has 0 radical (unpaired) electrons. The molecule has 2 rings (SSSR count). The number of amides is 2. The van der Waals surface area contributed by atoms with Crippen LogP contribution in [0.25, 0.3) is 0 Å². The average Bonchev–Trinajstić information content (AvgIpc) is 2.43. The van der Waals surface area contributed by atoms with Gasteiger partial charge in [0, 0.05) is 5.69 Å². The van der Waals surface area contributed by atoms with Gasteiger partial charge in [-0.05, 0) is 42.8 Å². The Morgan fingerprint density at radius 3 is 2.38 bits per heavy atom. The first-order chi connectivity index (χ1) is 9.95. The minimum atomic E-state index is -0.353. The number of rotatable bonds is 3. The Morgan fingerprint density at radius 1 is 1.10 bits per heavy atom. The van der Waals surface area contributed by atoms with Crippen molar-refractivity contribution in [2.24, 2.45) is 0 Å². The van der Waals surface area contributed by atoms with Gasteiger partial charge in [0.2, 0.25) is 0 Å². The quantitative estimate of drug-likeness (QED) is 0.773. The molecule has 1 unspecified atom stereocenters. The number of urea groups is 1. The Bertz CT molecular complexity index is 645. The summed E-state index contributed by atoms with van der Waals surface area (Å²) in [4.78, 5) is 11.9. The van der Waals surface area contributed by atoms with Crippen LogP contribution in [0.3, 0.4) is 0 Å². The summed E-state index contributed by atoms with van der Waals surface area (Å²) >= 11 is 11.7. The van der Waals surface area contributed by atoms with Crippen LogP contribution in [-0.4, -0.2) is 11.1 Å². The standard InChI is InChI=1S/C15H14Cl2N2O2/c1-9(10-2-5-12(20)6-3-10)18-15(21)19-11-4-7-13(16)14(17)8-11/h2-9,20H,1H3,(H2,18,19,21). The molecule has 2 amide bonds. The lowest BCUT2D eigenvalue weighted by Gasteiger charge is -2.15. The lowest BCUT2D eigenvalue weighted by atomic mass is 10.1. The van der Waals surface area contributed by atoms with Crippen molar-refractivity contribution < 1.29 is 9.90 Å². The lowest BCUT2D eigenvalue weighted by molar-refractivity contribution is 0.249. The number of aromatic hydroxyl groups is 1. The number of carbonyl (C=O) groups is 1. The van der Waals surface area contributed by atoms with Crippen LogP contribution in [-0.2, 0) is 0 Å². The van der Waals surface area contributed by atoms with E-state index in [0.29, 0.717) is 15.7 Å². The molecule has 0 aliphatic heterocycles. The van der Waals surface area contributed by atoms with Gasteiger partial charge in [0.15, 0.2) is 0 Å². The third-order valence-electron chi connectivity index (χ3n) is 2.92. The molecule has 0 aliphatic carbocycles. The van der Waals surface area contributed by atoms with Crippen molar-refractivity contribution in [3.63, 3.8) is 0 Å². The highest BCUT2D eigenvalue weighted by Crippen LogP contribution is 2.25. The van der Waals surface area contributed by atoms with Crippen LogP contribution in [0.1, 0.15) is 18.5 Å². The van der Waals surface area contributed by atoms with Gasteiger partial charge in [-0.1, -0.05) is 35.3 Å². The van der Waals surface area contributed by atoms with Crippen molar-refractivity contribution in [3.05, 3.63) is 58.1 Å². The maximum Gasteiger partial charge on any atom is 0.319 e. The van der Waals surface area contributed by atoms with E-state index in [1.165, 1.54) is 0 Å². The number of hydrogen-bond donors (Lipinski definition) is 3. The first-order valence-electron chi connectivity index (χ1n) is 6.27. The highest BCUT2D eigenvalue weighted by Gasteiger charge is 2.10. The summed E-state index contributed by atoms with van der Waals surface area (Å²) in [5.74, 6) is 0.186. The fraction of sp³-hybridized carbons (Fsp3) is 0.133. The molecule has 0 spiro atoms. The number of phenols is 1. The van der Waals surface area contributed by atoms with Crippen molar-refractivity contribution >= 4 is 34.9 Å². The maximum absolute atomic E-state index is 11.9. The third kappa shape index (κ3) is 4.28. The van der Waals surface area contributed by atoms with Gasteiger partial charge in [-0.2, -0.15) is 0 Å². The van der Waals surface area contributed by atoms with Crippen LogP contribution in [0.5, 0.6) is 5.75 Å². The summed E-state index contributed by atoms with van der Waals surface area (Å²) in [6.07, 6.45) is 0. The Labute approximate surface area is 132 Å². The third-order valence-corrected chi connectivity index (χ3v) is 3.66. The summed E-state index contributed by atoms with van der Waals surface area (Å²) in [7, 11) is 0. The molecule has 0 bridgehead atoms. The fourth-order valence-corrected chi connectivity index (χ4v) is 2.08. The van der Waals surface area contributed by atoms with Crippen molar-refractivity contribution in [2.45, 2.75) is 13.0 Å². The van der Waals surface area contributed by atoms with Gasteiger partial charge in [-0.3, -0.25) is 0 Å². The molecule has 0 heterocycles. The molecule has 2 aromatic carbocycles. The number of nitrogens with one attached hydrogen (secondary N) is 2. The number of halogens is 2. The van der Waals surface area contributed by atoms with Gasteiger partial charge in [0.05, 0.1) is 16.1 Å². The van der Waals surface area contributed by atoms with Crippen molar-refractivity contribution in [1.29, 1.82) is 0 Å². The largest absolute Gasteiger partial charge is 0.508 e. The van der Waals surface area contributed by atoms with E-state index in [2.05, 4.69) is 10.6 Å². The van der Waals surface area contributed by atoms with Crippen LogP contribution in [0, 0.1) is 0 Å². The smallest absolute Gasteiger partial charge is 0.319 e. The maximum atomic E-state index is 11.9. The van der Waals surface area contributed by atoms with Gasteiger partial charge in [-0.15, -0.1) is 0 Å². The lowest BCUT2D eigenvalue weighted by Crippen LogP contribution is -2.31. The Kier molecular flexibility index (Phi) is 4.94. The van der Waals surface area contributed by atoms with E-state index >= 15 is 0 Å². The zero-order chi connectivity index (χ0) is 15.4. The zero-order valence-electron chi connectivity index (χ0n) is 11.2. The van der Waals surface area contributed by atoms with E-state index in [-0.39, 0.29) is 17.8 Å². The number of hydrogen-bond acceptors (Lipinski definition) is 2. The van der Waals surface area contributed by atoms with Gasteiger partial charge < -0.3 is 15.7 Å². The minimum absolute atomic E-state index is 0.186. The van der Waals surface area contributed by atoms with E-state index in [4.69, 9.17) is 23.2 Å². The molecule has 21 heavy (non-hydrogen) atoms. The number of benzene rings is 2. The number of phenolic OH excluding ortho intramolecular Hbond substituents is 1. The van der Waals surface area contributed by atoms with Crippen LogP contribution < -0.4 is 10.6 Å². The first-order valence-corrected chi connectivity index (χ1v) is 7.03. The molecule has 0 saturated carbocycles. The van der Waals surface area contributed by atoms with Gasteiger partial charge in [-0.25, -0.2) is 4.79 Å². The van der Waals surface area contributed by atoms with Crippen molar-refractivity contribution in [3.8, 4) is 5.75 Å². The fourth-order valence-electron chi connectivity index (χ4n) is 1.78.